The van der Waals surface area contributed by atoms with Crippen LogP contribution in [0.4, 0.5) is 16.2 Å². The summed E-state index contributed by atoms with van der Waals surface area (Å²) in [6.45, 7) is 4.07. The van der Waals surface area contributed by atoms with Crippen LogP contribution in [0.1, 0.15) is 13.3 Å². The van der Waals surface area contributed by atoms with E-state index in [9.17, 15) is 9.59 Å². The van der Waals surface area contributed by atoms with Crippen LogP contribution >= 0.6 is 0 Å². The maximum absolute atomic E-state index is 11.7. The maximum Gasteiger partial charge on any atom is 0.414 e. The Kier molecular flexibility index (Phi) is 4.95. The predicted molar refractivity (Wildman–Crippen MR) is 76.9 cm³/mol. The number of carbonyl (C=O) groups excluding carboxylic acids is 2. The van der Waals surface area contributed by atoms with Gasteiger partial charge in [-0.05, 0) is 31.2 Å². The van der Waals surface area contributed by atoms with Gasteiger partial charge >= 0.3 is 6.09 Å². The molecule has 0 aliphatic carbocycles. The van der Waals surface area contributed by atoms with E-state index in [0.29, 0.717) is 18.8 Å². The summed E-state index contributed by atoms with van der Waals surface area (Å²) < 4.78 is 4.90. The molecule has 1 heterocycles. The van der Waals surface area contributed by atoms with Crippen molar-refractivity contribution in [2.45, 2.75) is 13.3 Å². The van der Waals surface area contributed by atoms with E-state index < -0.39 is 0 Å². The molecule has 1 saturated heterocycles. The molecule has 0 radical (unpaired) electrons. The van der Waals surface area contributed by atoms with Crippen LogP contribution in [0.2, 0.25) is 0 Å². The summed E-state index contributed by atoms with van der Waals surface area (Å²) in [5.74, 6) is -0.0976. The smallest absolute Gasteiger partial charge is 0.414 e. The Morgan fingerprint density at radius 3 is 3.00 bits per heavy atom. The van der Waals surface area contributed by atoms with Crippen LogP contribution in [0.5, 0.6) is 0 Å². The van der Waals surface area contributed by atoms with Crippen molar-refractivity contribution < 1.29 is 14.3 Å². The molecule has 0 atom stereocenters. The number of hydrogen-bond acceptors (Lipinski definition) is 4. The van der Waals surface area contributed by atoms with Crippen molar-refractivity contribution in [3.8, 4) is 0 Å². The quantitative estimate of drug-likeness (QED) is 0.775. The summed E-state index contributed by atoms with van der Waals surface area (Å²) in [4.78, 5) is 24.7. The molecule has 2 rings (SSSR count). The highest BCUT2D eigenvalue weighted by Gasteiger charge is 2.23. The molecule has 1 fully saturated rings. The van der Waals surface area contributed by atoms with Gasteiger partial charge in [0.2, 0.25) is 5.91 Å². The fourth-order valence-corrected chi connectivity index (χ4v) is 1.96. The van der Waals surface area contributed by atoms with Gasteiger partial charge in [0.1, 0.15) is 6.61 Å². The number of nitrogens with zero attached hydrogens (tertiary/aromatic N) is 1. The number of benzene rings is 1. The van der Waals surface area contributed by atoms with Crippen LogP contribution in [-0.4, -0.2) is 38.2 Å². The molecule has 1 aromatic rings. The van der Waals surface area contributed by atoms with Crippen LogP contribution < -0.4 is 15.5 Å². The largest absolute Gasteiger partial charge is 0.447 e. The van der Waals surface area contributed by atoms with Crippen molar-refractivity contribution in [2.24, 2.45) is 0 Å². The summed E-state index contributed by atoms with van der Waals surface area (Å²) in [5.41, 5.74) is 1.40. The number of ether oxygens (including phenoxy) is 1. The van der Waals surface area contributed by atoms with Crippen LogP contribution in [0, 0.1) is 0 Å². The van der Waals surface area contributed by atoms with Crippen molar-refractivity contribution in [3.63, 3.8) is 0 Å². The number of rotatable bonds is 6. The second-order valence-corrected chi connectivity index (χ2v) is 4.54. The van der Waals surface area contributed by atoms with E-state index in [1.807, 2.05) is 13.0 Å². The topological polar surface area (TPSA) is 70.7 Å². The number of carbonyl (C=O) groups is 2. The molecule has 2 N–H and O–H groups in total. The van der Waals surface area contributed by atoms with E-state index in [-0.39, 0.29) is 18.5 Å². The normalized spacial score (nSPS) is 14.2. The van der Waals surface area contributed by atoms with Crippen LogP contribution in [-0.2, 0) is 9.53 Å². The zero-order chi connectivity index (χ0) is 14.4. The van der Waals surface area contributed by atoms with Gasteiger partial charge in [0.25, 0.3) is 0 Å². The lowest BCUT2D eigenvalue weighted by atomic mass is 10.2. The average Bonchev–Trinajstić information content (AvgIpc) is 2.85. The van der Waals surface area contributed by atoms with Gasteiger partial charge in [0.05, 0.1) is 13.1 Å². The van der Waals surface area contributed by atoms with Gasteiger partial charge in [-0.2, -0.15) is 0 Å². The molecule has 0 unspecified atom stereocenters. The Morgan fingerprint density at radius 1 is 1.45 bits per heavy atom. The van der Waals surface area contributed by atoms with E-state index >= 15 is 0 Å². The van der Waals surface area contributed by atoms with Gasteiger partial charge in [-0.3, -0.25) is 9.69 Å². The molecule has 0 saturated carbocycles. The molecule has 0 aromatic heterocycles. The second-order valence-electron chi connectivity index (χ2n) is 4.54. The highest BCUT2D eigenvalue weighted by molar-refractivity contribution is 5.94. The van der Waals surface area contributed by atoms with E-state index in [1.165, 1.54) is 0 Å². The minimum atomic E-state index is -0.349. The van der Waals surface area contributed by atoms with Crippen molar-refractivity contribution in [3.05, 3.63) is 24.3 Å². The first kappa shape index (κ1) is 14.3. The highest BCUT2D eigenvalue weighted by Crippen LogP contribution is 2.22. The first-order valence-electron chi connectivity index (χ1n) is 6.75. The Morgan fingerprint density at radius 2 is 2.30 bits per heavy atom. The van der Waals surface area contributed by atoms with E-state index in [0.717, 1.165) is 18.7 Å². The summed E-state index contributed by atoms with van der Waals surface area (Å²) in [6.07, 6.45) is 0.637. The van der Waals surface area contributed by atoms with E-state index in [1.54, 1.807) is 23.1 Å². The lowest BCUT2D eigenvalue weighted by Gasteiger charge is -2.14. The van der Waals surface area contributed by atoms with Gasteiger partial charge in [-0.15, -0.1) is 0 Å². The molecule has 0 spiro atoms. The Hall–Kier alpha value is -2.08. The number of anilines is 2. The molecule has 0 bridgehead atoms. The van der Waals surface area contributed by atoms with Crippen molar-refractivity contribution in [1.82, 2.24) is 5.32 Å². The molecular formula is C14H19N3O3. The standard InChI is InChI=1S/C14H19N3O3/c1-2-6-15-10-13(18)16-11-4-3-5-12(9-11)17-7-8-20-14(17)19/h3-5,9,15H,2,6-8,10H2,1H3,(H,16,18). The number of amides is 2. The molecule has 1 aliphatic heterocycles. The predicted octanol–water partition coefficient (Wildman–Crippen LogP) is 1.58. The third kappa shape index (κ3) is 3.71. The zero-order valence-corrected chi connectivity index (χ0v) is 11.5. The summed E-state index contributed by atoms with van der Waals surface area (Å²) >= 11 is 0. The maximum atomic E-state index is 11.7. The highest BCUT2D eigenvalue weighted by atomic mass is 16.6. The monoisotopic (exact) mass is 277 g/mol. The zero-order valence-electron chi connectivity index (χ0n) is 11.5. The number of cyclic esters (lactones) is 1. The third-order valence-electron chi connectivity index (χ3n) is 2.91. The van der Waals surface area contributed by atoms with Gasteiger partial charge in [0, 0.05) is 11.4 Å². The fraction of sp³-hybridized carbons (Fsp3) is 0.429. The molecule has 6 heteroatoms. The van der Waals surface area contributed by atoms with Gasteiger partial charge in [-0.1, -0.05) is 13.0 Å². The van der Waals surface area contributed by atoms with Gasteiger partial charge < -0.3 is 15.4 Å². The van der Waals surface area contributed by atoms with Crippen molar-refractivity contribution in [1.29, 1.82) is 0 Å². The number of nitrogens with one attached hydrogen (secondary N) is 2. The lowest BCUT2D eigenvalue weighted by Crippen LogP contribution is -2.28. The van der Waals surface area contributed by atoms with Crippen molar-refractivity contribution in [2.75, 3.05) is 36.5 Å². The summed E-state index contributed by atoms with van der Waals surface area (Å²) in [5, 5.41) is 5.83. The second kappa shape index (κ2) is 6.91. The minimum Gasteiger partial charge on any atom is -0.447 e. The molecule has 6 nitrogen and oxygen atoms in total. The minimum absolute atomic E-state index is 0.0976. The molecule has 20 heavy (non-hydrogen) atoms. The van der Waals surface area contributed by atoms with E-state index in [2.05, 4.69) is 10.6 Å². The fourth-order valence-electron chi connectivity index (χ4n) is 1.96. The Balaban J connectivity index is 1.95. The SMILES string of the molecule is CCCNCC(=O)Nc1cccc(N2CCOC2=O)c1. The molecule has 108 valence electrons. The molecule has 1 aliphatic rings. The summed E-state index contributed by atoms with van der Waals surface area (Å²) in [7, 11) is 0. The number of hydrogen-bond donors (Lipinski definition) is 2. The molecule has 1 aromatic carbocycles. The summed E-state index contributed by atoms with van der Waals surface area (Å²) in [6, 6.07) is 7.18. The first-order valence-corrected chi connectivity index (χ1v) is 6.75. The van der Waals surface area contributed by atoms with Crippen molar-refractivity contribution >= 4 is 23.4 Å². The van der Waals surface area contributed by atoms with Crippen LogP contribution in [0.15, 0.2) is 24.3 Å². The first-order chi connectivity index (χ1) is 9.70. The van der Waals surface area contributed by atoms with E-state index in [4.69, 9.17) is 4.74 Å². The van der Waals surface area contributed by atoms with Crippen LogP contribution in [0.3, 0.4) is 0 Å². The lowest BCUT2D eigenvalue weighted by molar-refractivity contribution is -0.115. The Bertz CT molecular complexity index is 490. The third-order valence-corrected chi connectivity index (χ3v) is 2.91. The van der Waals surface area contributed by atoms with Gasteiger partial charge in [0.15, 0.2) is 0 Å². The molecule has 2 amide bonds. The van der Waals surface area contributed by atoms with Crippen LogP contribution in [0.25, 0.3) is 0 Å². The Labute approximate surface area is 118 Å². The average molecular weight is 277 g/mol. The van der Waals surface area contributed by atoms with Gasteiger partial charge in [-0.25, -0.2) is 4.79 Å². The molecular weight excluding hydrogens is 258 g/mol.